The minimum absolute atomic E-state index is 0.0270. The van der Waals surface area contributed by atoms with Gasteiger partial charge in [0.2, 0.25) is 5.91 Å². The van der Waals surface area contributed by atoms with Gasteiger partial charge >= 0.3 is 12.1 Å². The molecule has 0 fully saturated rings. The molecule has 2 N–H and O–H groups in total. The van der Waals surface area contributed by atoms with Crippen molar-refractivity contribution >= 4 is 40.8 Å². The Hall–Kier alpha value is -3.27. The van der Waals surface area contributed by atoms with Gasteiger partial charge in [0.1, 0.15) is 5.75 Å². The Labute approximate surface area is 186 Å². The molecule has 0 saturated heterocycles. The van der Waals surface area contributed by atoms with Gasteiger partial charge in [-0.15, -0.1) is 0 Å². The fourth-order valence-electron chi connectivity index (χ4n) is 2.56. The van der Waals surface area contributed by atoms with Gasteiger partial charge in [-0.05, 0) is 36.8 Å². The zero-order valence-electron chi connectivity index (χ0n) is 16.9. The summed E-state index contributed by atoms with van der Waals surface area (Å²) in [6.45, 7) is -0.710. The number of nitrogens with one attached hydrogen (secondary N) is 2. The Bertz CT molecular complexity index is 982. The second-order valence-electron chi connectivity index (χ2n) is 6.50. The molecule has 0 aliphatic carbocycles. The van der Waals surface area contributed by atoms with E-state index in [-0.39, 0.29) is 35.9 Å². The molecule has 0 aliphatic heterocycles. The summed E-state index contributed by atoms with van der Waals surface area (Å²) in [4.78, 5) is 35.6. The van der Waals surface area contributed by atoms with Crippen LogP contribution in [0.1, 0.15) is 24.8 Å². The predicted molar refractivity (Wildman–Crippen MR) is 112 cm³/mol. The van der Waals surface area contributed by atoms with Gasteiger partial charge in [-0.25, -0.2) is 0 Å². The number of amides is 2. The van der Waals surface area contributed by atoms with Crippen molar-refractivity contribution in [2.45, 2.75) is 25.4 Å². The molecular formula is C21H20ClF3N2O5. The highest BCUT2D eigenvalue weighted by molar-refractivity contribution is 6.33. The molecule has 0 atom stereocenters. The SMILES string of the molecule is COc1ccccc1NC(=O)CCCC(=O)OCC(=O)Nc1cc(C(F)(F)F)ccc1Cl. The molecule has 0 bridgehead atoms. The van der Waals surface area contributed by atoms with Crippen LogP contribution in [0.2, 0.25) is 5.02 Å². The van der Waals surface area contributed by atoms with E-state index in [1.807, 2.05) is 0 Å². The summed E-state index contributed by atoms with van der Waals surface area (Å²) in [6, 6.07) is 9.30. The lowest BCUT2D eigenvalue weighted by molar-refractivity contribution is -0.147. The average Bonchev–Trinajstić information content (AvgIpc) is 2.73. The molecule has 0 unspecified atom stereocenters. The molecular weight excluding hydrogens is 453 g/mol. The maximum atomic E-state index is 12.8. The molecule has 11 heteroatoms. The lowest BCUT2D eigenvalue weighted by Gasteiger charge is -2.12. The maximum absolute atomic E-state index is 12.8. The van der Waals surface area contributed by atoms with Crippen LogP contribution in [-0.4, -0.2) is 31.5 Å². The summed E-state index contributed by atoms with van der Waals surface area (Å²) in [5, 5.41) is 4.73. The van der Waals surface area contributed by atoms with E-state index in [1.54, 1.807) is 24.3 Å². The maximum Gasteiger partial charge on any atom is 0.416 e. The zero-order chi connectivity index (χ0) is 23.7. The van der Waals surface area contributed by atoms with Crippen LogP contribution in [0.15, 0.2) is 42.5 Å². The standard InChI is InChI=1S/C21H20ClF3N2O5/c1-31-17-6-3-2-5-15(17)26-18(28)7-4-8-20(30)32-12-19(29)27-16-11-13(21(23,24)25)9-10-14(16)22/h2-3,5-6,9-11H,4,7-8,12H2,1H3,(H,26,28)(H,27,29). The molecule has 0 radical (unpaired) electrons. The van der Waals surface area contributed by atoms with Gasteiger partial charge < -0.3 is 20.1 Å². The number of esters is 1. The topological polar surface area (TPSA) is 93.7 Å². The quantitative estimate of drug-likeness (QED) is 0.518. The smallest absolute Gasteiger partial charge is 0.416 e. The van der Waals surface area contributed by atoms with Crippen molar-refractivity contribution in [3.05, 3.63) is 53.1 Å². The molecule has 2 aromatic carbocycles. The van der Waals surface area contributed by atoms with Crippen LogP contribution < -0.4 is 15.4 Å². The molecule has 7 nitrogen and oxygen atoms in total. The number of carbonyl (C=O) groups is 3. The number of carbonyl (C=O) groups excluding carboxylic acids is 3. The van der Waals surface area contributed by atoms with E-state index in [2.05, 4.69) is 10.6 Å². The highest BCUT2D eigenvalue weighted by Gasteiger charge is 2.31. The van der Waals surface area contributed by atoms with E-state index >= 15 is 0 Å². The first-order valence-electron chi connectivity index (χ1n) is 9.35. The van der Waals surface area contributed by atoms with Crippen molar-refractivity contribution in [2.75, 3.05) is 24.4 Å². The third-order valence-electron chi connectivity index (χ3n) is 4.10. The van der Waals surface area contributed by atoms with Gasteiger partial charge in [0, 0.05) is 12.8 Å². The second-order valence-corrected chi connectivity index (χ2v) is 6.91. The summed E-state index contributed by atoms with van der Waals surface area (Å²) in [5.41, 5.74) is -0.747. The third kappa shape index (κ3) is 7.77. The van der Waals surface area contributed by atoms with Crippen molar-refractivity contribution in [2.24, 2.45) is 0 Å². The number of halogens is 4. The number of benzene rings is 2. The van der Waals surface area contributed by atoms with Gasteiger partial charge in [0.25, 0.3) is 5.91 Å². The number of hydrogen-bond acceptors (Lipinski definition) is 5. The largest absolute Gasteiger partial charge is 0.495 e. The first-order valence-corrected chi connectivity index (χ1v) is 9.73. The van der Waals surface area contributed by atoms with E-state index in [9.17, 15) is 27.6 Å². The summed E-state index contributed by atoms with van der Waals surface area (Å²) >= 11 is 5.79. The summed E-state index contributed by atoms with van der Waals surface area (Å²) in [7, 11) is 1.47. The van der Waals surface area contributed by atoms with E-state index in [0.717, 1.165) is 12.1 Å². The van der Waals surface area contributed by atoms with Gasteiger partial charge in [-0.2, -0.15) is 13.2 Å². The van der Waals surface area contributed by atoms with Gasteiger partial charge in [0.05, 0.1) is 29.1 Å². The highest BCUT2D eigenvalue weighted by Crippen LogP contribution is 2.33. The monoisotopic (exact) mass is 472 g/mol. The van der Waals surface area contributed by atoms with Crippen LogP contribution in [0.4, 0.5) is 24.5 Å². The Morgan fingerprint density at radius 2 is 1.66 bits per heavy atom. The normalized spacial score (nSPS) is 10.9. The summed E-state index contributed by atoms with van der Waals surface area (Å²) in [6.07, 6.45) is -4.54. The van der Waals surface area contributed by atoms with Crippen LogP contribution in [0.5, 0.6) is 5.75 Å². The molecule has 172 valence electrons. The lowest BCUT2D eigenvalue weighted by Crippen LogP contribution is -2.21. The van der Waals surface area contributed by atoms with Crippen LogP contribution in [0.25, 0.3) is 0 Å². The molecule has 2 amide bonds. The van der Waals surface area contributed by atoms with Crippen molar-refractivity contribution < 1.29 is 37.0 Å². The lowest BCUT2D eigenvalue weighted by atomic mass is 10.2. The Morgan fingerprint density at radius 1 is 0.969 bits per heavy atom. The zero-order valence-corrected chi connectivity index (χ0v) is 17.7. The molecule has 0 saturated carbocycles. The van der Waals surface area contributed by atoms with Crippen molar-refractivity contribution in [1.29, 1.82) is 0 Å². The molecule has 32 heavy (non-hydrogen) atoms. The Balaban J connectivity index is 1.74. The van der Waals surface area contributed by atoms with Gasteiger partial charge in [-0.3, -0.25) is 14.4 Å². The number of para-hydroxylation sites is 2. The van der Waals surface area contributed by atoms with E-state index in [1.165, 1.54) is 7.11 Å². The van der Waals surface area contributed by atoms with E-state index < -0.39 is 30.2 Å². The van der Waals surface area contributed by atoms with Crippen LogP contribution in [0, 0.1) is 0 Å². The number of methoxy groups -OCH3 is 1. The number of ether oxygens (including phenoxy) is 2. The van der Waals surface area contributed by atoms with Gasteiger partial charge in [-0.1, -0.05) is 23.7 Å². The second kappa shape index (κ2) is 11.4. The third-order valence-corrected chi connectivity index (χ3v) is 4.43. The van der Waals surface area contributed by atoms with Crippen LogP contribution in [-0.2, 0) is 25.3 Å². The first kappa shape index (κ1) is 25.0. The first-order chi connectivity index (χ1) is 15.1. The Morgan fingerprint density at radius 3 is 2.34 bits per heavy atom. The van der Waals surface area contributed by atoms with Crippen molar-refractivity contribution in [3.63, 3.8) is 0 Å². The molecule has 0 spiro atoms. The molecule has 2 rings (SSSR count). The molecule has 0 aliphatic rings. The van der Waals surface area contributed by atoms with E-state index in [4.69, 9.17) is 21.1 Å². The van der Waals surface area contributed by atoms with Crippen molar-refractivity contribution in [3.8, 4) is 5.75 Å². The predicted octanol–water partition coefficient (Wildman–Crippen LogP) is 4.66. The molecule has 2 aromatic rings. The number of hydrogen-bond donors (Lipinski definition) is 2. The summed E-state index contributed by atoms with van der Waals surface area (Å²) < 4.78 is 48.2. The fraction of sp³-hybridized carbons (Fsp3) is 0.286. The minimum atomic E-state index is -4.60. The molecule has 0 heterocycles. The highest BCUT2D eigenvalue weighted by atomic mass is 35.5. The van der Waals surface area contributed by atoms with E-state index in [0.29, 0.717) is 17.5 Å². The van der Waals surface area contributed by atoms with Crippen LogP contribution in [0.3, 0.4) is 0 Å². The Kier molecular flexibility index (Phi) is 8.89. The number of anilines is 2. The summed E-state index contributed by atoms with van der Waals surface area (Å²) in [5.74, 6) is -1.43. The van der Waals surface area contributed by atoms with Crippen LogP contribution >= 0.6 is 11.6 Å². The minimum Gasteiger partial charge on any atom is -0.495 e. The number of alkyl halides is 3. The average molecular weight is 473 g/mol. The fourth-order valence-corrected chi connectivity index (χ4v) is 2.72. The van der Waals surface area contributed by atoms with Gasteiger partial charge in [0.15, 0.2) is 6.61 Å². The molecule has 0 aromatic heterocycles. The van der Waals surface area contributed by atoms with Crippen molar-refractivity contribution in [1.82, 2.24) is 0 Å². The number of rotatable bonds is 9.